The average molecular weight is 848 g/mol. The van der Waals surface area contributed by atoms with Crippen molar-refractivity contribution in [1.82, 2.24) is 0 Å². The second-order valence-electron chi connectivity index (χ2n) is 20.3. The minimum absolute atomic E-state index is 0.0146. The van der Waals surface area contributed by atoms with Crippen molar-refractivity contribution in [2.45, 2.75) is 81.9 Å². The van der Waals surface area contributed by atoms with Crippen molar-refractivity contribution in [3.63, 3.8) is 0 Å². The summed E-state index contributed by atoms with van der Waals surface area (Å²) in [6.45, 7) is 18.8. The molecule has 8 aromatic carbocycles. The molecule has 0 spiro atoms. The number of hydrogen-bond acceptors (Lipinski definition) is 2. The van der Waals surface area contributed by atoms with E-state index in [0.717, 1.165) is 0 Å². The van der Waals surface area contributed by atoms with Gasteiger partial charge in [-0.2, -0.15) is 0 Å². The predicted octanol–water partition coefficient (Wildman–Crippen LogP) is 11.2. The Morgan fingerprint density at radius 3 is 1.73 bits per heavy atom. The summed E-state index contributed by atoms with van der Waals surface area (Å²) in [5.74, 6) is 0.362. The number of anilines is 3. The molecule has 0 radical (unpaired) electrons. The normalized spacial score (nSPS) is 14.5. The summed E-state index contributed by atoms with van der Waals surface area (Å²) in [5, 5.41) is 5.78. The van der Waals surface area contributed by atoms with E-state index in [1.165, 1.54) is 103 Å². The molecule has 3 aliphatic heterocycles. The summed E-state index contributed by atoms with van der Waals surface area (Å²) in [4.78, 5) is 5.44. The van der Waals surface area contributed by atoms with Crippen molar-refractivity contribution in [1.29, 1.82) is 0 Å². The van der Waals surface area contributed by atoms with Gasteiger partial charge in [-0.25, -0.2) is 0 Å². The Hall–Kier alpha value is -5.81. The maximum absolute atomic E-state index is 2.81. The van der Waals surface area contributed by atoms with Crippen molar-refractivity contribution in [3.8, 4) is 22.3 Å². The Kier molecular flexibility index (Phi) is 9.28. The molecule has 0 fully saturated rings. The van der Waals surface area contributed by atoms with Gasteiger partial charge < -0.3 is 4.90 Å². The molecule has 0 saturated carbocycles. The van der Waals surface area contributed by atoms with Crippen LogP contribution in [-0.2, 0) is 10.8 Å². The van der Waals surface area contributed by atoms with Gasteiger partial charge in [-0.3, -0.25) is 0 Å². The largest absolute Gasteiger partial charge is 0.311 e. The van der Waals surface area contributed by atoms with Crippen molar-refractivity contribution < 1.29 is 0 Å². The van der Waals surface area contributed by atoms with Crippen LogP contribution in [0.15, 0.2) is 186 Å². The van der Waals surface area contributed by atoms with Crippen LogP contribution in [0.2, 0.25) is 0 Å². The molecule has 4 heteroatoms. The zero-order chi connectivity index (χ0) is 43.4. The van der Waals surface area contributed by atoms with E-state index in [9.17, 15) is 0 Å². The van der Waals surface area contributed by atoms with Crippen LogP contribution in [0.5, 0.6) is 0 Å². The van der Waals surface area contributed by atoms with Crippen LogP contribution < -0.4 is 42.0 Å². The highest BCUT2D eigenvalue weighted by molar-refractivity contribution is 8.00. The van der Waals surface area contributed by atoms with Gasteiger partial charge >= 0.3 is 0 Å². The van der Waals surface area contributed by atoms with Gasteiger partial charge in [0.1, 0.15) is 0 Å². The van der Waals surface area contributed by atoms with Crippen molar-refractivity contribution in [3.05, 3.63) is 193 Å². The van der Waals surface area contributed by atoms with Gasteiger partial charge in [-0.05, 0) is 118 Å². The maximum atomic E-state index is 2.70. The Morgan fingerprint density at radius 2 is 1.08 bits per heavy atom. The van der Waals surface area contributed by atoms with Gasteiger partial charge in [-0.1, -0.05) is 212 Å². The number of benzene rings is 8. The molecule has 0 aromatic heterocycles. The predicted molar refractivity (Wildman–Crippen MR) is 276 cm³/mol. The smallest absolute Gasteiger partial charge is 0.249 e. The van der Waals surface area contributed by atoms with Gasteiger partial charge in [0.05, 0.1) is 5.69 Å². The third-order valence-electron chi connectivity index (χ3n) is 14.1. The average Bonchev–Trinajstić information content (AvgIpc) is 3.58. The van der Waals surface area contributed by atoms with E-state index in [1.54, 1.807) is 0 Å². The Bertz CT molecular complexity index is 3050. The first-order valence-electron chi connectivity index (χ1n) is 22.7. The molecule has 3 aliphatic rings. The topological polar surface area (TPSA) is 3.24 Å². The van der Waals surface area contributed by atoms with Crippen LogP contribution in [0.4, 0.5) is 17.1 Å². The van der Waals surface area contributed by atoms with Crippen molar-refractivity contribution >= 4 is 80.7 Å². The molecule has 0 atom stereocenters. The first-order valence-corrected chi connectivity index (χ1v) is 25.5. The molecular weight excluding hydrogens is 794 g/mol. The summed E-state index contributed by atoms with van der Waals surface area (Å²) in [6, 6.07) is 68.5. The molecule has 63 heavy (non-hydrogen) atoms. The minimum Gasteiger partial charge on any atom is -0.311 e. The summed E-state index contributed by atoms with van der Waals surface area (Å²) < 4.78 is 0. The van der Waals surface area contributed by atoms with E-state index in [4.69, 9.17) is 0 Å². The van der Waals surface area contributed by atoms with Crippen molar-refractivity contribution in [2.24, 2.45) is 0 Å². The lowest BCUT2D eigenvalue weighted by Gasteiger charge is -2.43. The van der Waals surface area contributed by atoms with E-state index in [-0.39, 0.29) is 17.5 Å². The lowest BCUT2D eigenvalue weighted by atomic mass is 9.34. The summed E-state index contributed by atoms with van der Waals surface area (Å²) >= 11 is 1.97. The molecule has 0 bridgehead atoms. The van der Waals surface area contributed by atoms with E-state index < -0.39 is 8.07 Å². The fourth-order valence-electron chi connectivity index (χ4n) is 10.8. The number of fused-ring (bicyclic) bond motifs is 7. The molecule has 0 saturated heterocycles. The van der Waals surface area contributed by atoms with Crippen LogP contribution in [0, 0.1) is 0 Å². The van der Waals surface area contributed by atoms with E-state index in [1.807, 2.05) is 11.8 Å². The fraction of sp³-hybridized carbons (Fsp3) is 0.186. The molecule has 3 heterocycles. The molecule has 0 N–H and O–H groups in total. The third kappa shape index (κ3) is 6.20. The highest BCUT2D eigenvalue weighted by atomic mass is 32.2. The first kappa shape index (κ1) is 40.0. The van der Waals surface area contributed by atoms with Crippen LogP contribution in [-0.4, -0.2) is 14.8 Å². The number of rotatable bonds is 5. The van der Waals surface area contributed by atoms with E-state index in [0.29, 0.717) is 5.92 Å². The number of hydrogen-bond donors (Lipinski definition) is 0. The van der Waals surface area contributed by atoms with E-state index >= 15 is 0 Å². The fourth-order valence-corrected chi connectivity index (χ4v) is 17.2. The third-order valence-corrected chi connectivity index (χ3v) is 20.1. The molecule has 0 aliphatic carbocycles. The minimum atomic E-state index is -2.81. The van der Waals surface area contributed by atoms with Crippen LogP contribution in [0.25, 0.3) is 22.3 Å². The second kappa shape index (κ2) is 14.6. The molecule has 308 valence electrons. The standard InChI is InChI=1S/C59H54BNSSi/c1-38(2)40-32-52-57-54(33-40)62-53-31-29-42(59(6,7)8)35-49(53)60(57)48-36-47-45-26-18-19-27-55(45)63(43-22-14-10-15-23-43,44-24-16-11-17-25-44)56(47)37-51(48)61(52)50-30-28-41(58(3,4)5)34-46(50)39-20-12-9-13-21-39/h9-38H,1-8H3. The van der Waals surface area contributed by atoms with Crippen LogP contribution in [0.1, 0.15) is 78.0 Å². The van der Waals surface area contributed by atoms with Gasteiger partial charge in [-0.15, -0.1) is 0 Å². The summed E-state index contributed by atoms with van der Waals surface area (Å²) in [5.41, 5.74) is 17.4. The molecule has 8 aromatic rings. The molecule has 0 unspecified atom stereocenters. The Labute approximate surface area is 380 Å². The Morgan fingerprint density at radius 1 is 0.476 bits per heavy atom. The number of nitrogens with zero attached hydrogens (tertiary/aromatic N) is 1. The van der Waals surface area contributed by atoms with Gasteiger partial charge in [0.2, 0.25) is 6.71 Å². The van der Waals surface area contributed by atoms with Crippen LogP contribution >= 0.6 is 11.8 Å². The Balaban J connectivity index is 1.31. The molecule has 0 amide bonds. The summed E-state index contributed by atoms with van der Waals surface area (Å²) in [7, 11) is -2.81. The van der Waals surface area contributed by atoms with Crippen molar-refractivity contribution in [2.75, 3.05) is 4.90 Å². The molecular formula is C59H54BNSSi. The van der Waals surface area contributed by atoms with Gasteiger partial charge in [0, 0.05) is 26.7 Å². The zero-order valence-electron chi connectivity index (χ0n) is 37.8. The maximum Gasteiger partial charge on any atom is 0.249 e. The summed E-state index contributed by atoms with van der Waals surface area (Å²) in [6.07, 6.45) is 0. The lowest BCUT2D eigenvalue weighted by Crippen LogP contribution is -2.73. The lowest BCUT2D eigenvalue weighted by molar-refractivity contribution is 0.590. The second-order valence-corrected chi connectivity index (χ2v) is 25.1. The van der Waals surface area contributed by atoms with E-state index in [2.05, 4.69) is 236 Å². The zero-order valence-corrected chi connectivity index (χ0v) is 39.6. The monoisotopic (exact) mass is 847 g/mol. The SMILES string of the molecule is CC(C)c1cc2c3c(c1)N(c1ccc(C(C)(C)C)cc1-c1ccccc1)c1cc4c(cc1B3c1cc(C(C)(C)C)ccc1S2)-c1ccccc1[Si]4(c1ccccc1)c1ccccc1. The first-order chi connectivity index (χ1) is 30.3. The molecule has 11 rings (SSSR count). The van der Waals surface area contributed by atoms with Gasteiger partial charge in [0.25, 0.3) is 0 Å². The van der Waals surface area contributed by atoms with Crippen LogP contribution in [0.3, 0.4) is 0 Å². The highest BCUT2D eigenvalue weighted by Crippen LogP contribution is 2.48. The quantitative estimate of drug-likeness (QED) is 0.159. The van der Waals surface area contributed by atoms with Gasteiger partial charge in [0.15, 0.2) is 8.07 Å². The highest BCUT2D eigenvalue weighted by Gasteiger charge is 2.51. The molecule has 1 nitrogen and oxygen atoms in total.